The van der Waals surface area contributed by atoms with E-state index in [9.17, 15) is 13.2 Å². The highest BCUT2D eigenvalue weighted by Crippen LogP contribution is 2.28. The van der Waals surface area contributed by atoms with Crippen LogP contribution in [0.2, 0.25) is 0 Å². The van der Waals surface area contributed by atoms with E-state index in [4.69, 9.17) is 6.42 Å². The molecule has 5 nitrogen and oxygen atoms in total. The quantitative estimate of drug-likeness (QED) is 0.629. The van der Waals surface area contributed by atoms with Gasteiger partial charge in [0.1, 0.15) is 5.75 Å². The number of benzene rings is 2. The minimum Gasteiger partial charge on any atom is -0.406 e. The summed E-state index contributed by atoms with van der Waals surface area (Å²) in [4.78, 5) is 9.13. The largest absolute Gasteiger partial charge is 0.573 e. The van der Waals surface area contributed by atoms with E-state index in [0.717, 1.165) is 42.9 Å². The van der Waals surface area contributed by atoms with Crippen LogP contribution in [0.4, 0.5) is 18.9 Å². The van der Waals surface area contributed by atoms with Gasteiger partial charge in [-0.15, -0.1) is 19.6 Å². The van der Waals surface area contributed by atoms with Gasteiger partial charge in [0.05, 0.1) is 11.0 Å². The van der Waals surface area contributed by atoms with Crippen LogP contribution in [-0.4, -0.2) is 54.0 Å². The van der Waals surface area contributed by atoms with Gasteiger partial charge in [-0.3, -0.25) is 4.57 Å². The third-order valence-corrected chi connectivity index (χ3v) is 4.96. The molecular weight excluding hydrogens is 381 g/mol. The minimum atomic E-state index is -4.73. The molecule has 0 aliphatic carbocycles. The summed E-state index contributed by atoms with van der Waals surface area (Å²) in [5.74, 6) is 2.66. The van der Waals surface area contributed by atoms with Gasteiger partial charge in [-0.05, 0) is 55.4 Å². The Bertz CT molecular complexity index is 1060. The molecule has 29 heavy (non-hydrogen) atoms. The van der Waals surface area contributed by atoms with Crippen molar-refractivity contribution in [1.82, 2.24) is 14.5 Å². The Morgan fingerprint density at radius 1 is 1.00 bits per heavy atom. The number of nitrogens with zero attached hydrogens (tertiary/aromatic N) is 4. The Hall–Kier alpha value is -3.18. The van der Waals surface area contributed by atoms with Gasteiger partial charge in [0.25, 0.3) is 0 Å². The fraction of sp³-hybridized carbons (Fsp3) is 0.286. The van der Waals surface area contributed by atoms with Gasteiger partial charge in [-0.2, -0.15) is 0 Å². The van der Waals surface area contributed by atoms with Crippen molar-refractivity contribution < 1.29 is 17.9 Å². The molecule has 8 heteroatoms. The molecule has 1 aliphatic heterocycles. The van der Waals surface area contributed by atoms with Crippen molar-refractivity contribution in [3.05, 3.63) is 48.3 Å². The number of piperazine rings is 1. The number of rotatable bonds is 3. The lowest BCUT2D eigenvalue weighted by atomic mass is 10.2. The molecule has 0 atom stereocenters. The molecule has 1 aromatic heterocycles. The molecular formula is C21H19F3N4O. The molecule has 0 saturated carbocycles. The highest BCUT2D eigenvalue weighted by atomic mass is 19.4. The van der Waals surface area contributed by atoms with Crippen LogP contribution in [0.25, 0.3) is 16.7 Å². The van der Waals surface area contributed by atoms with Gasteiger partial charge in [-0.1, -0.05) is 0 Å². The van der Waals surface area contributed by atoms with Gasteiger partial charge < -0.3 is 14.5 Å². The second-order valence-electron chi connectivity index (χ2n) is 6.92. The van der Waals surface area contributed by atoms with Crippen molar-refractivity contribution in [3.8, 4) is 23.8 Å². The number of halogens is 3. The maximum absolute atomic E-state index is 12.4. The summed E-state index contributed by atoms with van der Waals surface area (Å²) in [6.07, 6.45) is 0.909. The monoisotopic (exact) mass is 400 g/mol. The second-order valence-corrected chi connectivity index (χ2v) is 6.92. The van der Waals surface area contributed by atoms with E-state index in [1.165, 1.54) is 24.3 Å². The van der Waals surface area contributed by atoms with Crippen LogP contribution < -0.4 is 9.64 Å². The number of fused-ring (bicyclic) bond motifs is 1. The maximum Gasteiger partial charge on any atom is 0.573 e. The number of aromatic nitrogens is 2. The average Bonchev–Trinajstić information content (AvgIpc) is 3.06. The molecule has 0 amide bonds. The average molecular weight is 400 g/mol. The number of likely N-dealkylation sites (N-methyl/N-ethyl adjacent to an activating group) is 1. The number of terminal acetylenes is 1. The maximum atomic E-state index is 12.4. The van der Waals surface area contributed by atoms with Crippen LogP contribution in [0.15, 0.2) is 42.5 Å². The number of hydrogen-bond donors (Lipinski definition) is 0. The van der Waals surface area contributed by atoms with Crippen molar-refractivity contribution in [2.75, 3.05) is 38.1 Å². The third kappa shape index (κ3) is 4.00. The van der Waals surface area contributed by atoms with E-state index in [-0.39, 0.29) is 5.75 Å². The fourth-order valence-electron chi connectivity index (χ4n) is 3.49. The first-order valence-electron chi connectivity index (χ1n) is 9.13. The number of imidazole rings is 1. The lowest BCUT2D eigenvalue weighted by molar-refractivity contribution is -0.274. The van der Waals surface area contributed by atoms with Crippen LogP contribution in [0, 0.1) is 12.3 Å². The molecule has 0 spiro atoms. The summed E-state index contributed by atoms with van der Waals surface area (Å²) in [6.45, 7) is 3.86. The van der Waals surface area contributed by atoms with Crippen molar-refractivity contribution >= 4 is 16.7 Å². The second kappa shape index (κ2) is 7.33. The molecule has 0 N–H and O–H groups in total. The SMILES string of the molecule is C#Cc1nc2cc(N3CCN(C)CC3)ccc2n1-c1ccc(OC(F)(F)F)cc1. The van der Waals surface area contributed by atoms with E-state index < -0.39 is 6.36 Å². The van der Waals surface area contributed by atoms with E-state index in [2.05, 4.69) is 32.5 Å². The Kier molecular flexibility index (Phi) is 4.84. The van der Waals surface area contributed by atoms with E-state index in [1.54, 1.807) is 4.57 Å². The number of hydrogen-bond acceptors (Lipinski definition) is 4. The minimum absolute atomic E-state index is 0.287. The first-order chi connectivity index (χ1) is 13.8. The molecule has 1 fully saturated rings. The molecule has 0 unspecified atom stereocenters. The van der Waals surface area contributed by atoms with Crippen LogP contribution in [0.5, 0.6) is 5.75 Å². The topological polar surface area (TPSA) is 33.5 Å². The molecule has 2 heterocycles. The summed E-state index contributed by atoms with van der Waals surface area (Å²) in [7, 11) is 2.10. The highest BCUT2D eigenvalue weighted by Gasteiger charge is 2.31. The van der Waals surface area contributed by atoms with Crippen LogP contribution in [-0.2, 0) is 0 Å². The Balaban J connectivity index is 1.68. The van der Waals surface area contributed by atoms with Crippen LogP contribution in [0.1, 0.15) is 5.82 Å². The lowest BCUT2D eigenvalue weighted by Gasteiger charge is -2.34. The predicted molar refractivity (Wildman–Crippen MR) is 105 cm³/mol. The smallest absolute Gasteiger partial charge is 0.406 e. The van der Waals surface area contributed by atoms with E-state index in [1.807, 2.05) is 18.2 Å². The molecule has 1 saturated heterocycles. The molecule has 0 bridgehead atoms. The zero-order valence-electron chi connectivity index (χ0n) is 15.8. The molecule has 150 valence electrons. The normalized spacial score (nSPS) is 15.5. The number of ether oxygens (including phenoxy) is 1. The van der Waals surface area contributed by atoms with Gasteiger partial charge in [-0.25, -0.2) is 4.98 Å². The first-order valence-corrected chi connectivity index (χ1v) is 9.13. The van der Waals surface area contributed by atoms with E-state index in [0.29, 0.717) is 11.5 Å². The zero-order valence-corrected chi connectivity index (χ0v) is 15.8. The highest BCUT2D eigenvalue weighted by molar-refractivity contribution is 5.83. The zero-order chi connectivity index (χ0) is 20.6. The summed E-state index contributed by atoms with van der Waals surface area (Å²) in [6, 6.07) is 11.5. The van der Waals surface area contributed by atoms with Gasteiger partial charge in [0.2, 0.25) is 0 Å². The predicted octanol–water partition coefficient (Wildman–Crippen LogP) is 3.66. The fourth-order valence-corrected chi connectivity index (χ4v) is 3.49. The van der Waals surface area contributed by atoms with Crippen molar-refractivity contribution in [3.63, 3.8) is 0 Å². The first kappa shape index (κ1) is 19.2. The summed E-state index contributed by atoms with van der Waals surface area (Å²) in [5, 5.41) is 0. The van der Waals surface area contributed by atoms with Crippen LogP contribution in [0.3, 0.4) is 0 Å². The summed E-state index contributed by atoms with van der Waals surface area (Å²) >= 11 is 0. The standard InChI is InChI=1S/C21H19F3N4O/c1-3-20-25-18-14-16(27-12-10-26(2)11-13-27)6-9-19(18)28(20)15-4-7-17(8-5-15)29-21(22,23)24/h1,4-9,14H,10-13H2,2H3. The number of anilines is 1. The summed E-state index contributed by atoms with van der Waals surface area (Å²) < 4.78 is 42.8. The Morgan fingerprint density at radius 3 is 2.28 bits per heavy atom. The summed E-state index contributed by atoms with van der Waals surface area (Å²) in [5.41, 5.74) is 3.22. The molecule has 2 aromatic carbocycles. The van der Waals surface area contributed by atoms with Crippen molar-refractivity contribution in [1.29, 1.82) is 0 Å². The molecule has 0 radical (unpaired) electrons. The third-order valence-electron chi connectivity index (χ3n) is 4.96. The van der Waals surface area contributed by atoms with Gasteiger partial charge >= 0.3 is 6.36 Å². The molecule has 4 rings (SSSR count). The lowest BCUT2D eigenvalue weighted by Crippen LogP contribution is -2.44. The molecule has 1 aliphatic rings. The van der Waals surface area contributed by atoms with Crippen LogP contribution >= 0.6 is 0 Å². The Labute approximate surface area is 166 Å². The molecule has 3 aromatic rings. The Morgan fingerprint density at radius 2 is 1.66 bits per heavy atom. The van der Waals surface area contributed by atoms with Gasteiger partial charge in [0, 0.05) is 37.6 Å². The van der Waals surface area contributed by atoms with Gasteiger partial charge in [0.15, 0.2) is 5.82 Å². The van der Waals surface area contributed by atoms with E-state index >= 15 is 0 Å². The van der Waals surface area contributed by atoms with Crippen molar-refractivity contribution in [2.24, 2.45) is 0 Å². The number of alkyl halides is 3. The van der Waals surface area contributed by atoms with Crippen molar-refractivity contribution in [2.45, 2.75) is 6.36 Å².